The van der Waals surface area contributed by atoms with Gasteiger partial charge in [-0.3, -0.25) is 4.79 Å². The molecule has 0 radical (unpaired) electrons. The highest BCUT2D eigenvalue weighted by Gasteiger charge is 2.26. The van der Waals surface area contributed by atoms with E-state index in [1.54, 1.807) is 36.4 Å². The molecular formula is C15H12ClNO3. The highest BCUT2D eigenvalue weighted by molar-refractivity contribution is 6.30. The maximum absolute atomic E-state index is 11.0. The van der Waals surface area contributed by atoms with Crippen LogP contribution in [0.3, 0.4) is 0 Å². The summed E-state index contributed by atoms with van der Waals surface area (Å²) in [6.07, 6.45) is 0.402. The SMILES string of the molecule is Nc1ccc(Cl)cc1C1COc2c(C=O)cccc2O1. The predicted octanol–water partition coefficient (Wildman–Crippen LogP) is 3.25. The van der Waals surface area contributed by atoms with Crippen molar-refractivity contribution in [1.29, 1.82) is 0 Å². The molecule has 1 unspecified atom stereocenters. The number of aldehydes is 1. The molecule has 0 saturated heterocycles. The average Bonchev–Trinajstić information content (AvgIpc) is 2.48. The van der Waals surface area contributed by atoms with Gasteiger partial charge in [-0.25, -0.2) is 0 Å². The zero-order valence-electron chi connectivity index (χ0n) is 10.5. The van der Waals surface area contributed by atoms with Gasteiger partial charge in [-0.2, -0.15) is 0 Å². The summed E-state index contributed by atoms with van der Waals surface area (Å²) in [5.41, 5.74) is 7.79. The van der Waals surface area contributed by atoms with Crippen LogP contribution in [0, 0.1) is 0 Å². The van der Waals surface area contributed by atoms with Gasteiger partial charge in [-0.15, -0.1) is 0 Å². The van der Waals surface area contributed by atoms with Crippen LogP contribution >= 0.6 is 11.6 Å². The fourth-order valence-corrected chi connectivity index (χ4v) is 2.38. The van der Waals surface area contributed by atoms with E-state index >= 15 is 0 Å². The molecule has 0 aromatic heterocycles. The Labute approximate surface area is 121 Å². The number of carbonyl (C=O) groups excluding carboxylic acids is 1. The molecule has 0 fully saturated rings. The number of fused-ring (bicyclic) bond motifs is 1. The van der Waals surface area contributed by atoms with Gasteiger partial charge < -0.3 is 15.2 Å². The Morgan fingerprint density at radius 2 is 2.15 bits per heavy atom. The van der Waals surface area contributed by atoms with Crippen molar-refractivity contribution >= 4 is 23.6 Å². The van der Waals surface area contributed by atoms with E-state index in [0.717, 1.165) is 11.8 Å². The molecule has 0 saturated carbocycles. The van der Waals surface area contributed by atoms with Gasteiger partial charge in [0.05, 0.1) is 5.56 Å². The standard InChI is InChI=1S/C15H12ClNO3/c16-10-4-5-12(17)11(6-10)14-8-19-15-9(7-18)2-1-3-13(15)20-14/h1-7,14H,8,17H2. The van der Waals surface area contributed by atoms with Crippen LogP contribution in [0.15, 0.2) is 36.4 Å². The molecule has 0 bridgehead atoms. The first-order valence-electron chi connectivity index (χ1n) is 6.11. The van der Waals surface area contributed by atoms with Gasteiger partial charge in [0.25, 0.3) is 0 Å². The number of anilines is 1. The van der Waals surface area contributed by atoms with Crippen LogP contribution in [0.1, 0.15) is 22.0 Å². The topological polar surface area (TPSA) is 61.5 Å². The van der Waals surface area contributed by atoms with E-state index in [1.165, 1.54) is 0 Å². The minimum atomic E-state index is -0.344. The predicted molar refractivity (Wildman–Crippen MR) is 76.6 cm³/mol. The maximum Gasteiger partial charge on any atom is 0.171 e. The highest BCUT2D eigenvalue weighted by atomic mass is 35.5. The van der Waals surface area contributed by atoms with Crippen molar-refractivity contribution in [3.05, 3.63) is 52.5 Å². The van der Waals surface area contributed by atoms with Gasteiger partial charge in [0.15, 0.2) is 23.9 Å². The monoisotopic (exact) mass is 289 g/mol. The molecule has 1 atom stereocenters. The lowest BCUT2D eigenvalue weighted by Gasteiger charge is -2.28. The summed E-state index contributed by atoms with van der Waals surface area (Å²) in [5, 5.41) is 0.588. The first-order chi connectivity index (χ1) is 9.69. The van der Waals surface area contributed by atoms with Gasteiger partial charge in [0.2, 0.25) is 0 Å². The molecule has 1 aliphatic rings. The number of hydrogen-bond donors (Lipinski definition) is 1. The molecule has 2 N–H and O–H groups in total. The fraction of sp³-hybridized carbons (Fsp3) is 0.133. The van der Waals surface area contributed by atoms with Crippen molar-refractivity contribution in [3.8, 4) is 11.5 Å². The molecule has 4 nitrogen and oxygen atoms in total. The van der Waals surface area contributed by atoms with Crippen LogP contribution in [0.5, 0.6) is 11.5 Å². The number of benzene rings is 2. The first-order valence-corrected chi connectivity index (χ1v) is 6.49. The molecule has 1 heterocycles. The summed E-state index contributed by atoms with van der Waals surface area (Å²) >= 11 is 5.99. The van der Waals surface area contributed by atoms with E-state index in [2.05, 4.69) is 0 Å². The molecule has 2 aromatic rings. The van der Waals surface area contributed by atoms with E-state index in [-0.39, 0.29) is 12.7 Å². The van der Waals surface area contributed by atoms with Gasteiger partial charge >= 0.3 is 0 Å². The van der Waals surface area contributed by atoms with Gasteiger partial charge in [-0.1, -0.05) is 17.7 Å². The van der Waals surface area contributed by atoms with Crippen molar-refractivity contribution in [1.82, 2.24) is 0 Å². The highest BCUT2D eigenvalue weighted by Crippen LogP contribution is 2.39. The number of nitrogen functional groups attached to an aromatic ring is 1. The molecule has 0 aliphatic carbocycles. The Bertz CT molecular complexity index is 672. The number of carbonyl (C=O) groups is 1. The van der Waals surface area contributed by atoms with Gasteiger partial charge in [0, 0.05) is 16.3 Å². The lowest BCUT2D eigenvalue weighted by atomic mass is 10.1. The quantitative estimate of drug-likeness (QED) is 0.681. The van der Waals surface area contributed by atoms with Crippen LogP contribution in [-0.2, 0) is 0 Å². The molecule has 0 amide bonds. The normalized spacial score (nSPS) is 16.8. The molecule has 102 valence electrons. The fourth-order valence-electron chi connectivity index (χ4n) is 2.20. The van der Waals surface area contributed by atoms with E-state index in [1.807, 2.05) is 0 Å². The number of hydrogen-bond acceptors (Lipinski definition) is 4. The van der Waals surface area contributed by atoms with Gasteiger partial charge in [0.1, 0.15) is 6.61 Å². The van der Waals surface area contributed by atoms with Crippen molar-refractivity contribution in [2.75, 3.05) is 12.3 Å². The third-order valence-electron chi connectivity index (χ3n) is 3.18. The Balaban J connectivity index is 1.96. The smallest absolute Gasteiger partial charge is 0.171 e. The summed E-state index contributed by atoms with van der Waals surface area (Å²) < 4.78 is 11.5. The lowest BCUT2D eigenvalue weighted by Crippen LogP contribution is -2.23. The lowest BCUT2D eigenvalue weighted by molar-refractivity contribution is 0.0892. The zero-order chi connectivity index (χ0) is 14.1. The van der Waals surface area contributed by atoms with Crippen molar-refractivity contribution in [2.45, 2.75) is 6.10 Å². The second-order valence-corrected chi connectivity index (χ2v) is 4.92. The third-order valence-corrected chi connectivity index (χ3v) is 3.42. The largest absolute Gasteiger partial charge is 0.485 e. The molecular weight excluding hydrogens is 278 g/mol. The van der Waals surface area contributed by atoms with E-state index < -0.39 is 0 Å². The van der Waals surface area contributed by atoms with Gasteiger partial charge in [-0.05, 0) is 30.3 Å². The van der Waals surface area contributed by atoms with Crippen LogP contribution in [0.2, 0.25) is 5.02 Å². The molecule has 2 aromatic carbocycles. The first kappa shape index (κ1) is 12.8. The Morgan fingerprint density at radius 1 is 1.30 bits per heavy atom. The molecule has 1 aliphatic heterocycles. The summed E-state index contributed by atoms with van der Waals surface area (Å²) in [5.74, 6) is 1.00. The molecule has 0 spiro atoms. The minimum Gasteiger partial charge on any atom is -0.485 e. The van der Waals surface area contributed by atoms with Crippen molar-refractivity contribution in [2.24, 2.45) is 0 Å². The number of halogens is 1. The zero-order valence-corrected chi connectivity index (χ0v) is 11.3. The van der Waals surface area contributed by atoms with E-state index in [9.17, 15) is 4.79 Å². The van der Waals surface area contributed by atoms with Crippen LogP contribution in [0.25, 0.3) is 0 Å². The third kappa shape index (κ3) is 2.18. The average molecular weight is 290 g/mol. The summed E-state index contributed by atoms with van der Waals surface area (Å²) in [4.78, 5) is 11.0. The second kappa shape index (κ2) is 5.06. The maximum atomic E-state index is 11.0. The minimum absolute atomic E-state index is 0.280. The van der Waals surface area contributed by atoms with Crippen LogP contribution < -0.4 is 15.2 Å². The molecule has 3 rings (SSSR count). The number of ether oxygens (including phenoxy) is 2. The molecule has 5 heteroatoms. The molecule has 20 heavy (non-hydrogen) atoms. The van der Waals surface area contributed by atoms with Crippen LogP contribution in [-0.4, -0.2) is 12.9 Å². The second-order valence-electron chi connectivity index (χ2n) is 4.48. The number of nitrogens with two attached hydrogens (primary N) is 1. The Hall–Kier alpha value is -2.20. The summed E-state index contributed by atoms with van der Waals surface area (Å²) in [6, 6.07) is 10.4. The summed E-state index contributed by atoms with van der Waals surface area (Å²) in [6.45, 7) is 0.280. The number of rotatable bonds is 2. The Morgan fingerprint density at radius 3 is 2.95 bits per heavy atom. The van der Waals surface area contributed by atoms with E-state index in [0.29, 0.717) is 27.8 Å². The van der Waals surface area contributed by atoms with Crippen LogP contribution in [0.4, 0.5) is 5.69 Å². The number of para-hydroxylation sites is 1. The van der Waals surface area contributed by atoms with Crippen molar-refractivity contribution < 1.29 is 14.3 Å². The van der Waals surface area contributed by atoms with Crippen molar-refractivity contribution in [3.63, 3.8) is 0 Å². The summed E-state index contributed by atoms with van der Waals surface area (Å²) in [7, 11) is 0. The Kier molecular flexibility index (Phi) is 3.24. The van der Waals surface area contributed by atoms with E-state index in [4.69, 9.17) is 26.8 Å².